The minimum absolute atomic E-state index is 0.169. The van der Waals surface area contributed by atoms with Gasteiger partial charge in [-0.2, -0.15) is 0 Å². The summed E-state index contributed by atoms with van der Waals surface area (Å²) in [6.45, 7) is 2.70. The molecule has 0 atom stereocenters. The first-order chi connectivity index (χ1) is 11.1. The molecule has 2 aromatic carbocycles. The Morgan fingerprint density at radius 3 is 2.57 bits per heavy atom. The normalized spacial score (nSPS) is 10.2. The average Bonchev–Trinajstić information content (AvgIpc) is 2.55. The van der Waals surface area contributed by atoms with Crippen LogP contribution in [0.5, 0.6) is 0 Å². The van der Waals surface area contributed by atoms with E-state index in [4.69, 9.17) is 0 Å². The molecule has 2 N–H and O–H groups in total. The number of carbonyl (C=O) groups is 2. The van der Waals surface area contributed by atoms with Crippen LogP contribution in [0.1, 0.15) is 40.5 Å². The molecule has 0 spiro atoms. The van der Waals surface area contributed by atoms with Crippen LogP contribution in [0.3, 0.4) is 0 Å². The fourth-order valence-electron chi connectivity index (χ4n) is 2.09. The number of amides is 2. The number of hydrogen-bond donors (Lipinski definition) is 2. The molecule has 0 aromatic heterocycles. The van der Waals surface area contributed by atoms with Gasteiger partial charge in [0.1, 0.15) is 0 Å². The quantitative estimate of drug-likeness (QED) is 0.545. The molecule has 0 aliphatic carbocycles. The van der Waals surface area contributed by atoms with Gasteiger partial charge < -0.3 is 10.6 Å². The molecule has 2 rings (SSSR count). The molecule has 23 heavy (non-hydrogen) atoms. The predicted molar refractivity (Wildman–Crippen MR) is 101 cm³/mol. The van der Waals surface area contributed by atoms with E-state index in [9.17, 15) is 9.59 Å². The van der Waals surface area contributed by atoms with Gasteiger partial charge in [0.2, 0.25) is 0 Å². The highest BCUT2D eigenvalue weighted by molar-refractivity contribution is 14.1. The Balaban J connectivity index is 2.14. The van der Waals surface area contributed by atoms with E-state index in [1.54, 1.807) is 36.4 Å². The number of halogens is 1. The molecule has 0 saturated heterocycles. The van der Waals surface area contributed by atoms with E-state index in [1.807, 2.05) is 12.1 Å². The molecule has 0 unspecified atom stereocenters. The molecule has 0 saturated carbocycles. The number of carbonyl (C=O) groups excluding carboxylic acids is 2. The Kier molecular flexibility index (Phi) is 6.58. The molecule has 0 bridgehead atoms. The standard InChI is InChI=1S/C18H19IN2O2/c1-2-3-11-20-18(23)15-9-4-5-10-16(15)21-17(22)13-7-6-8-14(19)12-13/h4-10,12H,2-3,11H2,1H3,(H,20,23)(H,21,22). The van der Waals surface area contributed by atoms with Crippen LogP contribution in [0.25, 0.3) is 0 Å². The zero-order valence-electron chi connectivity index (χ0n) is 12.9. The van der Waals surface area contributed by atoms with E-state index < -0.39 is 0 Å². The predicted octanol–water partition coefficient (Wildman–Crippen LogP) is 4.07. The smallest absolute Gasteiger partial charge is 0.255 e. The van der Waals surface area contributed by atoms with Crippen LogP contribution in [0.15, 0.2) is 48.5 Å². The van der Waals surface area contributed by atoms with Crippen molar-refractivity contribution < 1.29 is 9.59 Å². The van der Waals surface area contributed by atoms with E-state index in [1.165, 1.54) is 0 Å². The molecule has 0 fully saturated rings. The van der Waals surface area contributed by atoms with Gasteiger partial charge in [-0.3, -0.25) is 9.59 Å². The number of anilines is 1. The monoisotopic (exact) mass is 422 g/mol. The summed E-state index contributed by atoms with van der Waals surface area (Å²) in [5, 5.41) is 5.69. The summed E-state index contributed by atoms with van der Waals surface area (Å²) in [7, 11) is 0. The van der Waals surface area contributed by atoms with Crippen molar-refractivity contribution in [2.45, 2.75) is 19.8 Å². The van der Waals surface area contributed by atoms with Gasteiger partial charge in [0.15, 0.2) is 0 Å². The third-order valence-corrected chi connectivity index (χ3v) is 3.99. The van der Waals surface area contributed by atoms with Crippen LogP contribution in [-0.4, -0.2) is 18.4 Å². The van der Waals surface area contributed by atoms with Crippen molar-refractivity contribution in [3.8, 4) is 0 Å². The molecule has 0 radical (unpaired) electrons. The fraction of sp³-hybridized carbons (Fsp3) is 0.222. The van der Waals surface area contributed by atoms with E-state index >= 15 is 0 Å². The Morgan fingerprint density at radius 1 is 1.04 bits per heavy atom. The molecule has 5 heteroatoms. The third-order valence-electron chi connectivity index (χ3n) is 3.32. The number of para-hydroxylation sites is 1. The summed E-state index contributed by atoms with van der Waals surface area (Å²) in [4.78, 5) is 24.6. The van der Waals surface area contributed by atoms with E-state index in [2.05, 4.69) is 40.1 Å². The number of unbranched alkanes of at least 4 members (excludes halogenated alkanes) is 1. The van der Waals surface area contributed by atoms with Gasteiger partial charge in [0, 0.05) is 15.7 Å². The van der Waals surface area contributed by atoms with Crippen LogP contribution in [0.4, 0.5) is 5.69 Å². The van der Waals surface area contributed by atoms with Gasteiger partial charge in [0.05, 0.1) is 11.3 Å². The second-order valence-corrected chi connectivity index (χ2v) is 6.37. The SMILES string of the molecule is CCCCNC(=O)c1ccccc1NC(=O)c1cccc(I)c1. The van der Waals surface area contributed by atoms with Crippen molar-refractivity contribution in [1.29, 1.82) is 0 Å². The first kappa shape index (κ1) is 17.5. The maximum Gasteiger partial charge on any atom is 0.255 e. The second-order valence-electron chi connectivity index (χ2n) is 5.12. The topological polar surface area (TPSA) is 58.2 Å². The molecular weight excluding hydrogens is 403 g/mol. The largest absolute Gasteiger partial charge is 0.352 e. The van der Waals surface area contributed by atoms with Crippen LogP contribution in [-0.2, 0) is 0 Å². The van der Waals surface area contributed by atoms with Crippen molar-refractivity contribution in [2.75, 3.05) is 11.9 Å². The summed E-state index contributed by atoms with van der Waals surface area (Å²) in [6.07, 6.45) is 1.95. The van der Waals surface area contributed by atoms with Crippen molar-refractivity contribution in [1.82, 2.24) is 5.32 Å². The molecule has 2 amide bonds. The molecule has 0 aliphatic heterocycles. The number of benzene rings is 2. The summed E-state index contributed by atoms with van der Waals surface area (Å²) in [6, 6.07) is 14.4. The minimum Gasteiger partial charge on any atom is -0.352 e. The lowest BCUT2D eigenvalue weighted by molar-refractivity contribution is 0.0954. The number of nitrogens with one attached hydrogen (secondary N) is 2. The first-order valence-electron chi connectivity index (χ1n) is 7.56. The molecule has 2 aromatic rings. The van der Waals surface area contributed by atoms with Crippen LogP contribution in [0, 0.1) is 3.57 Å². The lowest BCUT2D eigenvalue weighted by Crippen LogP contribution is -2.26. The van der Waals surface area contributed by atoms with Gasteiger partial charge >= 0.3 is 0 Å². The zero-order valence-corrected chi connectivity index (χ0v) is 15.1. The zero-order chi connectivity index (χ0) is 16.7. The van der Waals surface area contributed by atoms with Crippen molar-refractivity contribution >= 4 is 40.1 Å². The van der Waals surface area contributed by atoms with Crippen molar-refractivity contribution in [3.05, 3.63) is 63.2 Å². The van der Waals surface area contributed by atoms with Gasteiger partial charge in [-0.15, -0.1) is 0 Å². The summed E-state index contributed by atoms with van der Waals surface area (Å²) in [5.74, 6) is -0.394. The molecule has 0 aliphatic rings. The Morgan fingerprint density at radius 2 is 1.83 bits per heavy atom. The number of hydrogen-bond acceptors (Lipinski definition) is 2. The highest BCUT2D eigenvalue weighted by Crippen LogP contribution is 2.17. The van der Waals surface area contributed by atoms with Crippen LogP contribution in [0.2, 0.25) is 0 Å². The first-order valence-corrected chi connectivity index (χ1v) is 8.64. The van der Waals surface area contributed by atoms with Gasteiger partial charge in [-0.25, -0.2) is 0 Å². The van der Waals surface area contributed by atoms with E-state index in [-0.39, 0.29) is 11.8 Å². The van der Waals surface area contributed by atoms with Gasteiger partial charge in [0.25, 0.3) is 11.8 Å². The van der Waals surface area contributed by atoms with Gasteiger partial charge in [-0.05, 0) is 59.3 Å². The lowest BCUT2D eigenvalue weighted by atomic mass is 10.1. The number of rotatable bonds is 6. The molecule has 4 nitrogen and oxygen atoms in total. The summed E-state index contributed by atoms with van der Waals surface area (Å²) in [5.41, 5.74) is 1.56. The molecule has 0 heterocycles. The maximum atomic E-state index is 12.4. The Hall–Kier alpha value is -1.89. The second kappa shape index (κ2) is 8.67. The Bertz CT molecular complexity index is 701. The third kappa shape index (κ3) is 5.06. The average molecular weight is 422 g/mol. The summed E-state index contributed by atoms with van der Waals surface area (Å²) >= 11 is 2.16. The lowest BCUT2D eigenvalue weighted by Gasteiger charge is -2.11. The van der Waals surface area contributed by atoms with Crippen molar-refractivity contribution in [2.24, 2.45) is 0 Å². The Labute approximate surface area is 149 Å². The molecule has 120 valence electrons. The van der Waals surface area contributed by atoms with E-state index in [0.717, 1.165) is 16.4 Å². The maximum absolute atomic E-state index is 12.4. The molecular formula is C18H19IN2O2. The van der Waals surface area contributed by atoms with Gasteiger partial charge in [-0.1, -0.05) is 31.5 Å². The van der Waals surface area contributed by atoms with E-state index in [0.29, 0.717) is 23.4 Å². The highest BCUT2D eigenvalue weighted by Gasteiger charge is 2.13. The highest BCUT2D eigenvalue weighted by atomic mass is 127. The fourth-order valence-corrected chi connectivity index (χ4v) is 2.63. The van der Waals surface area contributed by atoms with Crippen molar-refractivity contribution in [3.63, 3.8) is 0 Å². The minimum atomic E-state index is -0.225. The van der Waals surface area contributed by atoms with Crippen LogP contribution < -0.4 is 10.6 Å². The van der Waals surface area contributed by atoms with Crippen LogP contribution >= 0.6 is 22.6 Å². The summed E-state index contributed by atoms with van der Waals surface area (Å²) < 4.78 is 0.987.